The molecule has 0 aliphatic rings. The Balaban J connectivity index is 2.22. The van der Waals surface area contributed by atoms with Gasteiger partial charge in [-0.3, -0.25) is 9.59 Å². The van der Waals surface area contributed by atoms with Crippen LogP contribution in [0.2, 0.25) is 0 Å². The zero-order valence-corrected chi connectivity index (χ0v) is 10.8. The number of rotatable bonds is 4. The van der Waals surface area contributed by atoms with Gasteiger partial charge < -0.3 is 9.32 Å². The Morgan fingerprint density at radius 1 is 1.25 bits per heavy atom. The molecule has 0 aliphatic heterocycles. The molecular formula is C15H12N2O3. The summed E-state index contributed by atoms with van der Waals surface area (Å²) >= 11 is 0. The largest absolute Gasteiger partial charge is 0.472 e. The van der Waals surface area contributed by atoms with Crippen LogP contribution in [0.1, 0.15) is 10.4 Å². The highest BCUT2D eigenvalue weighted by Gasteiger charge is 2.31. The van der Waals surface area contributed by atoms with Crippen molar-refractivity contribution in [3.8, 4) is 6.07 Å². The molecule has 1 atom stereocenters. The first-order valence-electron chi connectivity index (χ1n) is 5.94. The number of benzene rings is 1. The van der Waals surface area contributed by atoms with Crippen molar-refractivity contribution in [2.75, 3.05) is 11.9 Å². The molecule has 0 saturated carbocycles. The standard InChI is InChI=1S/C15H12N2O3/c1-17(12-5-3-2-4-6-12)15(19)13(9-16)14(18)11-7-8-20-10-11/h2-8,10,13H,1H3/t13-/m0/s1. The number of anilines is 1. The topological polar surface area (TPSA) is 74.3 Å². The average molecular weight is 268 g/mol. The lowest BCUT2D eigenvalue weighted by atomic mass is 9.99. The molecule has 0 fully saturated rings. The number of hydrogen-bond acceptors (Lipinski definition) is 4. The number of nitrogens with zero attached hydrogens (tertiary/aromatic N) is 2. The summed E-state index contributed by atoms with van der Waals surface area (Å²) in [7, 11) is 1.53. The highest BCUT2D eigenvalue weighted by molar-refractivity contribution is 6.16. The van der Waals surface area contributed by atoms with E-state index < -0.39 is 17.6 Å². The van der Waals surface area contributed by atoms with E-state index in [9.17, 15) is 9.59 Å². The monoisotopic (exact) mass is 268 g/mol. The second-order valence-corrected chi connectivity index (χ2v) is 4.17. The van der Waals surface area contributed by atoms with Crippen molar-refractivity contribution in [3.05, 3.63) is 54.5 Å². The smallest absolute Gasteiger partial charge is 0.252 e. The normalized spacial score (nSPS) is 11.4. The van der Waals surface area contributed by atoms with Gasteiger partial charge in [-0.05, 0) is 18.2 Å². The van der Waals surface area contributed by atoms with Crippen LogP contribution in [0.15, 0.2) is 53.3 Å². The molecule has 0 saturated heterocycles. The molecule has 1 amide bonds. The first-order chi connectivity index (χ1) is 9.65. The lowest BCUT2D eigenvalue weighted by Crippen LogP contribution is -2.36. The maximum atomic E-state index is 12.3. The van der Waals surface area contributed by atoms with Crippen molar-refractivity contribution in [1.29, 1.82) is 5.26 Å². The Labute approximate surface area is 116 Å². The van der Waals surface area contributed by atoms with E-state index in [-0.39, 0.29) is 5.56 Å². The van der Waals surface area contributed by atoms with Crippen molar-refractivity contribution >= 4 is 17.4 Å². The minimum atomic E-state index is -1.38. The molecule has 2 aromatic rings. The lowest BCUT2D eigenvalue weighted by Gasteiger charge is -2.19. The molecule has 1 aromatic heterocycles. The Morgan fingerprint density at radius 3 is 2.50 bits per heavy atom. The van der Waals surface area contributed by atoms with Gasteiger partial charge in [0.2, 0.25) is 0 Å². The van der Waals surface area contributed by atoms with Crippen molar-refractivity contribution in [2.24, 2.45) is 5.92 Å². The van der Waals surface area contributed by atoms with E-state index in [1.54, 1.807) is 30.3 Å². The molecule has 2 rings (SSSR count). The van der Waals surface area contributed by atoms with Gasteiger partial charge in [-0.15, -0.1) is 0 Å². The van der Waals surface area contributed by atoms with E-state index in [0.717, 1.165) is 0 Å². The molecule has 1 heterocycles. The zero-order valence-electron chi connectivity index (χ0n) is 10.8. The highest BCUT2D eigenvalue weighted by Crippen LogP contribution is 2.17. The van der Waals surface area contributed by atoms with Gasteiger partial charge in [0.1, 0.15) is 6.26 Å². The summed E-state index contributed by atoms with van der Waals surface area (Å²) in [4.78, 5) is 25.6. The van der Waals surface area contributed by atoms with Crippen molar-refractivity contribution in [3.63, 3.8) is 0 Å². The van der Waals surface area contributed by atoms with Gasteiger partial charge in [0.15, 0.2) is 11.7 Å². The maximum absolute atomic E-state index is 12.3. The van der Waals surface area contributed by atoms with Crippen LogP contribution in [0.4, 0.5) is 5.69 Å². The molecule has 20 heavy (non-hydrogen) atoms. The summed E-state index contributed by atoms with van der Waals surface area (Å²) < 4.78 is 4.80. The predicted octanol–water partition coefficient (Wildman–Crippen LogP) is 2.27. The molecule has 5 heteroatoms. The third-order valence-corrected chi connectivity index (χ3v) is 2.92. The van der Waals surface area contributed by atoms with Crippen LogP contribution in [0.3, 0.4) is 0 Å². The Hall–Kier alpha value is -2.87. The van der Waals surface area contributed by atoms with E-state index in [1.807, 2.05) is 6.07 Å². The number of carbonyl (C=O) groups excluding carboxylic acids is 2. The van der Waals surface area contributed by atoms with E-state index in [1.165, 1.54) is 30.5 Å². The van der Waals surface area contributed by atoms with E-state index in [2.05, 4.69) is 0 Å². The van der Waals surface area contributed by atoms with E-state index in [4.69, 9.17) is 9.68 Å². The van der Waals surface area contributed by atoms with Gasteiger partial charge in [0, 0.05) is 12.7 Å². The molecule has 1 aromatic carbocycles. The fourth-order valence-electron chi connectivity index (χ4n) is 1.77. The molecule has 0 radical (unpaired) electrons. The summed E-state index contributed by atoms with van der Waals surface area (Å²) in [5, 5.41) is 9.11. The Kier molecular flexibility index (Phi) is 3.96. The summed E-state index contributed by atoms with van der Waals surface area (Å²) in [5.74, 6) is -2.50. The molecule has 0 bridgehead atoms. The third kappa shape index (κ3) is 2.59. The number of carbonyl (C=O) groups is 2. The predicted molar refractivity (Wildman–Crippen MR) is 72.0 cm³/mol. The number of ketones is 1. The van der Waals surface area contributed by atoms with Gasteiger partial charge in [0.25, 0.3) is 5.91 Å². The first kappa shape index (κ1) is 13.6. The lowest BCUT2D eigenvalue weighted by molar-refractivity contribution is -0.119. The summed E-state index contributed by atoms with van der Waals surface area (Å²) in [6.07, 6.45) is 2.55. The second-order valence-electron chi connectivity index (χ2n) is 4.17. The summed E-state index contributed by atoms with van der Waals surface area (Å²) in [6, 6.07) is 12.0. The molecule has 100 valence electrons. The zero-order chi connectivity index (χ0) is 14.5. The van der Waals surface area contributed by atoms with Crippen LogP contribution in [-0.4, -0.2) is 18.7 Å². The highest BCUT2D eigenvalue weighted by atomic mass is 16.3. The number of amides is 1. The molecule has 5 nitrogen and oxygen atoms in total. The van der Waals surface area contributed by atoms with E-state index >= 15 is 0 Å². The number of Topliss-reactive ketones (excluding diaryl/α,β-unsaturated/α-hetero) is 1. The van der Waals surface area contributed by atoms with Crippen LogP contribution >= 0.6 is 0 Å². The van der Waals surface area contributed by atoms with Crippen LogP contribution in [-0.2, 0) is 4.79 Å². The van der Waals surface area contributed by atoms with Gasteiger partial charge in [-0.2, -0.15) is 5.26 Å². The van der Waals surface area contributed by atoms with Gasteiger partial charge in [-0.25, -0.2) is 0 Å². The van der Waals surface area contributed by atoms with Gasteiger partial charge in [-0.1, -0.05) is 18.2 Å². The Morgan fingerprint density at radius 2 is 1.95 bits per heavy atom. The SMILES string of the molecule is CN(C(=O)[C@@H](C#N)C(=O)c1ccoc1)c1ccccc1. The van der Waals surface area contributed by atoms with Crippen LogP contribution in [0.5, 0.6) is 0 Å². The minimum absolute atomic E-state index is 0.214. The number of furan rings is 1. The average Bonchev–Trinajstić information content (AvgIpc) is 3.02. The summed E-state index contributed by atoms with van der Waals surface area (Å²) in [5.41, 5.74) is 0.837. The maximum Gasteiger partial charge on any atom is 0.252 e. The first-order valence-corrected chi connectivity index (χ1v) is 5.94. The third-order valence-electron chi connectivity index (χ3n) is 2.92. The summed E-state index contributed by atoms with van der Waals surface area (Å²) in [6.45, 7) is 0. The fraction of sp³-hybridized carbons (Fsp3) is 0.133. The second kappa shape index (κ2) is 5.85. The van der Waals surface area contributed by atoms with E-state index in [0.29, 0.717) is 5.69 Å². The van der Waals surface area contributed by atoms with Crippen LogP contribution < -0.4 is 4.90 Å². The van der Waals surface area contributed by atoms with Crippen molar-refractivity contribution in [1.82, 2.24) is 0 Å². The van der Waals surface area contributed by atoms with Crippen LogP contribution in [0, 0.1) is 17.2 Å². The van der Waals surface area contributed by atoms with Crippen LogP contribution in [0.25, 0.3) is 0 Å². The molecule has 0 unspecified atom stereocenters. The Bertz CT molecular complexity index is 642. The van der Waals surface area contributed by atoms with Crippen molar-refractivity contribution in [2.45, 2.75) is 0 Å². The fourth-order valence-corrected chi connectivity index (χ4v) is 1.77. The van der Waals surface area contributed by atoms with Gasteiger partial charge in [0.05, 0.1) is 17.9 Å². The van der Waals surface area contributed by atoms with Crippen molar-refractivity contribution < 1.29 is 14.0 Å². The molecule has 0 aliphatic carbocycles. The quantitative estimate of drug-likeness (QED) is 0.629. The minimum Gasteiger partial charge on any atom is -0.472 e. The molecular weight excluding hydrogens is 256 g/mol. The van der Waals surface area contributed by atoms with Gasteiger partial charge >= 0.3 is 0 Å². The molecule has 0 N–H and O–H groups in total. The molecule has 0 spiro atoms. The number of nitriles is 1. The number of hydrogen-bond donors (Lipinski definition) is 0. The number of para-hydroxylation sites is 1.